The monoisotopic (exact) mass is 738 g/mol. The van der Waals surface area contributed by atoms with E-state index in [-0.39, 0.29) is 11.2 Å². The van der Waals surface area contributed by atoms with Crippen LogP contribution in [0.3, 0.4) is 0 Å². The Labute approximate surface area is 327 Å². The van der Waals surface area contributed by atoms with Crippen LogP contribution in [0, 0.1) is 0 Å². The third-order valence-corrected chi connectivity index (χ3v) is 14.1. The molecule has 55 heavy (non-hydrogen) atoms. The summed E-state index contributed by atoms with van der Waals surface area (Å²) in [5.41, 5.74) is 12.5. The van der Waals surface area contributed by atoms with Crippen molar-refractivity contribution in [1.82, 2.24) is 0 Å². The fourth-order valence-electron chi connectivity index (χ4n) is 8.89. The molecule has 0 atom stereocenters. The predicted octanol–water partition coefficient (Wildman–Crippen LogP) is 15.0. The first-order valence-corrected chi connectivity index (χ1v) is 20.4. The zero-order chi connectivity index (χ0) is 36.8. The molecule has 10 aromatic rings. The van der Waals surface area contributed by atoms with Crippen LogP contribution < -0.4 is 0 Å². The van der Waals surface area contributed by atoms with Gasteiger partial charge in [0.25, 0.3) is 0 Å². The summed E-state index contributed by atoms with van der Waals surface area (Å²) in [6.07, 6.45) is 0. The van der Waals surface area contributed by atoms with E-state index in [1.807, 2.05) is 22.7 Å². The number of hydrogen-bond acceptors (Lipinski definition) is 3. The normalized spacial score (nSPS) is 13.5. The molecule has 0 bridgehead atoms. The van der Waals surface area contributed by atoms with Crippen molar-refractivity contribution in [1.29, 1.82) is 0 Å². The zero-order valence-corrected chi connectivity index (χ0v) is 32.0. The van der Waals surface area contributed by atoms with Crippen molar-refractivity contribution < 1.29 is 4.79 Å². The van der Waals surface area contributed by atoms with E-state index in [4.69, 9.17) is 0 Å². The number of benzene rings is 8. The summed E-state index contributed by atoms with van der Waals surface area (Å²) in [5, 5.41) is 5.20. The SMILES string of the molecule is CC1(C)c2ccc(-c3cccc(-c4cccc5c4sc4ccccc45)c3)cc2C(=O)c2cc(-c3cccc(-c4cccc5c4sc4ccccc45)c3)ccc21. The molecule has 11 rings (SSSR count). The lowest BCUT2D eigenvalue weighted by Gasteiger charge is -2.35. The predicted molar refractivity (Wildman–Crippen MR) is 236 cm³/mol. The molecule has 1 aliphatic rings. The largest absolute Gasteiger partial charge is 0.289 e. The molecule has 2 aromatic heterocycles. The Morgan fingerprint density at radius 3 is 1.25 bits per heavy atom. The lowest BCUT2D eigenvalue weighted by Crippen LogP contribution is -2.30. The van der Waals surface area contributed by atoms with Crippen LogP contribution in [-0.4, -0.2) is 5.78 Å². The molecule has 0 aliphatic heterocycles. The molecule has 3 heteroatoms. The van der Waals surface area contributed by atoms with E-state index in [9.17, 15) is 4.79 Å². The summed E-state index contributed by atoms with van der Waals surface area (Å²) in [6, 6.07) is 61.1. The zero-order valence-electron chi connectivity index (χ0n) is 30.4. The van der Waals surface area contributed by atoms with Crippen LogP contribution in [0.5, 0.6) is 0 Å². The summed E-state index contributed by atoms with van der Waals surface area (Å²) in [5.74, 6) is 0.0884. The highest BCUT2D eigenvalue weighted by molar-refractivity contribution is 7.26. The lowest BCUT2D eigenvalue weighted by atomic mass is 9.67. The molecule has 0 spiro atoms. The van der Waals surface area contributed by atoms with Gasteiger partial charge in [0.05, 0.1) is 0 Å². The molecule has 0 saturated carbocycles. The highest BCUT2D eigenvalue weighted by Gasteiger charge is 2.37. The third kappa shape index (κ3) is 5.00. The minimum Gasteiger partial charge on any atom is -0.289 e. The van der Waals surface area contributed by atoms with Crippen LogP contribution in [0.4, 0.5) is 0 Å². The fourth-order valence-corrected chi connectivity index (χ4v) is 11.4. The second-order valence-electron chi connectivity index (χ2n) is 15.2. The maximum absolute atomic E-state index is 14.6. The van der Waals surface area contributed by atoms with E-state index in [1.54, 1.807) is 0 Å². The van der Waals surface area contributed by atoms with Gasteiger partial charge in [-0.2, -0.15) is 0 Å². The average molecular weight is 739 g/mol. The molecule has 0 fully saturated rings. The van der Waals surface area contributed by atoms with E-state index < -0.39 is 0 Å². The molecule has 260 valence electrons. The standard InChI is InChI=1S/C52H34OS2/c1-52(2)45-25-23-33(31-11-7-13-35(27-31)37-17-9-19-41-39-15-3-5-21-47(39)54-50(37)41)29-43(45)49(53)44-30-34(24-26-46(44)52)32-12-8-14-36(28-32)38-18-10-20-42-40-16-4-6-22-48(40)55-51(38)42/h3-30H,1-2H3. The molecule has 1 aliphatic carbocycles. The van der Waals surface area contributed by atoms with Crippen molar-refractivity contribution in [3.05, 3.63) is 192 Å². The van der Waals surface area contributed by atoms with Crippen LogP contribution >= 0.6 is 22.7 Å². The molecule has 0 amide bonds. The topological polar surface area (TPSA) is 17.1 Å². The van der Waals surface area contributed by atoms with Crippen molar-refractivity contribution in [2.45, 2.75) is 19.3 Å². The minimum absolute atomic E-state index is 0.0884. The van der Waals surface area contributed by atoms with Gasteiger partial charge in [-0.05, 0) is 92.0 Å². The maximum atomic E-state index is 14.6. The molecule has 2 heterocycles. The Hall–Kier alpha value is -6.13. The molecular formula is C52H34OS2. The van der Waals surface area contributed by atoms with E-state index in [0.717, 1.165) is 44.5 Å². The van der Waals surface area contributed by atoms with Gasteiger partial charge in [-0.3, -0.25) is 4.79 Å². The summed E-state index contributed by atoms with van der Waals surface area (Å²) in [7, 11) is 0. The Morgan fingerprint density at radius 2 is 0.764 bits per heavy atom. The number of rotatable bonds is 4. The van der Waals surface area contributed by atoms with Gasteiger partial charge in [-0.15, -0.1) is 22.7 Å². The van der Waals surface area contributed by atoms with Crippen LogP contribution in [-0.2, 0) is 5.41 Å². The molecule has 8 aromatic carbocycles. The Bertz CT molecular complexity index is 3000. The van der Waals surface area contributed by atoms with Crippen molar-refractivity contribution in [3.8, 4) is 44.5 Å². The first-order chi connectivity index (χ1) is 26.9. The van der Waals surface area contributed by atoms with Gasteiger partial charge in [0, 0.05) is 56.9 Å². The van der Waals surface area contributed by atoms with Crippen LogP contribution in [0.1, 0.15) is 40.9 Å². The quantitative estimate of drug-likeness (QED) is 0.176. The molecular weight excluding hydrogens is 705 g/mol. The van der Waals surface area contributed by atoms with Gasteiger partial charge in [-0.25, -0.2) is 0 Å². The van der Waals surface area contributed by atoms with Crippen LogP contribution in [0.2, 0.25) is 0 Å². The Morgan fingerprint density at radius 1 is 0.364 bits per heavy atom. The van der Waals surface area contributed by atoms with Crippen LogP contribution in [0.15, 0.2) is 170 Å². The van der Waals surface area contributed by atoms with Gasteiger partial charge in [0.15, 0.2) is 5.78 Å². The van der Waals surface area contributed by atoms with Gasteiger partial charge in [0.2, 0.25) is 0 Å². The van der Waals surface area contributed by atoms with Gasteiger partial charge in [0.1, 0.15) is 0 Å². The van der Waals surface area contributed by atoms with E-state index >= 15 is 0 Å². The average Bonchev–Trinajstić information content (AvgIpc) is 3.81. The van der Waals surface area contributed by atoms with Crippen molar-refractivity contribution in [2.75, 3.05) is 0 Å². The maximum Gasteiger partial charge on any atom is 0.193 e. The number of fused-ring (bicyclic) bond motifs is 8. The van der Waals surface area contributed by atoms with E-state index in [1.165, 1.54) is 62.6 Å². The Kier molecular flexibility index (Phi) is 7.16. The second-order valence-corrected chi connectivity index (χ2v) is 17.3. The number of hydrogen-bond donors (Lipinski definition) is 0. The molecule has 0 saturated heterocycles. The molecule has 0 N–H and O–H groups in total. The Balaban J connectivity index is 0.970. The van der Waals surface area contributed by atoms with Crippen molar-refractivity contribution in [2.24, 2.45) is 0 Å². The number of carbonyl (C=O) groups is 1. The smallest absolute Gasteiger partial charge is 0.193 e. The molecule has 0 radical (unpaired) electrons. The molecule has 0 unspecified atom stereocenters. The summed E-state index contributed by atoms with van der Waals surface area (Å²) >= 11 is 3.71. The van der Waals surface area contributed by atoms with E-state index in [0.29, 0.717) is 0 Å². The van der Waals surface area contributed by atoms with Gasteiger partial charge >= 0.3 is 0 Å². The second kappa shape index (κ2) is 12.2. The summed E-state index contributed by atoms with van der Waals surface area (Å²) in [6.45, 7) is 4.49. The summed E-state index contributed by atoms with van der Waals surface area (Å²) in [4.78, 5) is 14.6. The first kappa shape index (κ1) is 32.3. The van der Waals surface area contributed by atoms with Crippen molar-refractivity contribution >= 4 is 68.8 Å². The van der Waals surface area contributed by atoms with Gasteiger partial charge < -0.3 is 0 Å². The van der Waals surface area contributed by atoms with E-state index in [2.05, 4.69) is 184 Å². The highest BCUT2D eigenvalue weighted by Crippen LogP contribution is 2.46. The highest BCUT2D eigenvalue weighted by atomic mass is 32.1. The number of ketones is 1. The van der Waals surface area contributed by atoms with Gasteiger partial charge in [-0.1, -0.05) is 147 Å². The fraction of sp³-hybridized carbons (Fsp3) is 0.0577. The lowest BCUT2D eigenvalue weighted by molar-refractivity contribution is 0.103. The first-order valence-electron chi connectivity index (χ1n) is 18.8. The third-order valence-electron chi connectivity index (χ3n) is 11.7. The van der Waals surface area contributed by atoms with Crippen molar-refractivity contribution in [3.63, 3.8) is 0 Å². The summed E-state index contributed by atoms with van der Waals surface area (Å²) < 4.78 is 5.22. The number of thiophene rings is 2. The number of carbonyl (C=O) groups excluding carboxylic acids is 1. The van der Waals surface area contributed by atoms with Crippen LogP contribution in [0.25, 0.3) is 84.9 Å². The molecule has 1 nitrogen and oxygen atoms in total. The minimum atomic E-state index is -0.326.